The first kappa shape index (κ1) is 27.9. The molecule has 0 bridgehead atoms. The van der Waals surface area contributed by atoms with Gasteiger partial charge >= 0.3 is 11.8 Å². The van der Waals surface area contributed by atoms with E-state index >= 15 is 0 Å². The molecular formula is C27H32FN7O3Si. The molecule has 39 heavy (non-hydrogen) atoms. The largest absolute Gasteiger partial charge is 0.383 e. The van der Waals surface area contributed by atoms with Crippen molar-refractivity contribution >= 4 is 42.3 Å². The third kappa shape index (κ3) is 7.45. The molecule has 4 aromatic rings. The number of fused-ring (bicyclic) bond motifs is 1. The van der Waals surface area contributed by atoms with Crippen LogP contribution in [0.2, 0.25) is 25.7 Å². The summed E-state index contributed by atoms with van der Waals surface area (Å²) in [6.07, 6.45) is 4.02. The second kappa shape index (κ2) is 12.1. The summed E-state index contributed by atoms with van der Waals surface area (Å²) in [5.41, 5.74) is 8.11. The van der Waals surface area contributed by atoms with Crippen LogP contribution in [0.15, 0.2) is 61.1 Å². The summed E-state index contributed by atoms with van der Waals surface area (Å²) in [5.74, 6) is -1.89. The Balaban J connectivity index is 1.55. The molecule has 4 rings (SSSR count). The van der Waals surface area contributed by atoms with Crippen molar-refractivity contribution < 1.29 is 18.7 Å². The highest BCUT2D eigenvalue weighted by Gasteiger charge is 2.25. The van der Waals surface area contributed by atoms with E-state index in [0.29, 0.717) is 23.2 Å². The highest BCUT2D eigenvalue weighted by molar-refractivity contribution is 6.76. The van der Waals surface area contributed by atoms with E-state index in [1.807, 2.05) is 30.3 Å². The van der Waals surface area contributed by atoms with Crippen LogP contribution in [0.4, 0.5) is 15.9 Å². The lowest BCUT2D eigenvalue weighted by Crippen LogP contribution is -2.39. The van der Waals surface area contributed by atoms with Gasteiger partial charge in [0.05, 0.1) is 47.4 Å². The number of hydrogen-bond acceptors (Lipinski definition) is 7. The van der Waals surface area contributed by atoms with Gasteiger partial charge in [0.1, 0.15) is 18.4 Å². The third-order valence-corrected chi connectivity index (χ3v) is 7.70. The number of hydrogen-bond donors (Lipinski definition) is 2. The van der Waals surface area contributed by atoms with E-state index < -0.39 is 25.7 Å². The van der Waals surface area contributed by atoms with E-state index in [4.69, 9.17) is 10.5 Å². The number of amides is 2. The maximum Gasteiger partial charge on any atom is 0.314 e. The summed E-state index contributed by atoms with van der Waals surface area (Å²) in [7, 11) is -1.26. The van der Waals surface area contributed by atoms with Crippen molar-refractivity contribution in [3.05, 3.63) is 78.1 Å². The van der Waals surface area contributed by atoms with Gasteiger partial charge in [0.2, 0.25) is 0 Å². The van der Waals surface area contributed by atoms with Gasteiger partial charge in [0, 0.05) is 21.2 Å². The van der Waals surface area contributed by atoms with Crippen molar-refractivity contribution in [3.8, 4) is 0 Å². The zero-order chi connectivity index (χ0) is 28.0. The Morgan fingerprint density at radius 3 is 2.51 bits per heavy atom. The van der Waals surface area contributed by atoms with Crippen LogP contribution in [0.25, 0.3) is 10.9 Å². The Bertz CT molecular complexity index is 1440. The quantitative estimate of drug-likeness (QED) is 0.174. The maximum atomic E-state index is 13.4. The normalized spacial score (nSPS) is 11.5. The zero-order valence-corrected chi connectivity index (χ0v) is 23.2. The number of aromatic nitrogens is 4. The van der Waals surface area contributed by atoms with Crippen molar-refractivity contribution in [3.63, 3.8) is 0 Å². The Kier molecular flexibility index (Phi) is 8.67. The summed E-state index contributed by atoms with van der Waals surface area (Å²) in [6.45, 7) is 7.72. The molecule has 0 atom stereocenters. The SMILES string of the molecule is C[Si](C)(C)CCOCn1ncc2c(N)ncc(NC(=O)C(=O)N(Cc3ccccc3)Cc3ccc(F)cn3)c21. The fraction of sp³-hybridized carbons (Fsp3) is 0.296. The third-order valence-electron chi connectivity index (χ3n) is 6.00. The van der Waals surface area contributed by atoms with E-state index in [1.54, 1.807) is 10.9 Å². The van der Waals surface area contributed by atoms with Gasteiger partial charge in [0.15, 0.2) is 0 Å². The lowest BCUT2D eigenvalue weighted by molar-refractivity contribution is -0.144. The number of anilines is 2. The van der Waals surface area contributed by atoms with Crippen LogP contribution in [-0.4, -0.2) is 51.1 Å². The van der Waals surface area contributed by atoms with Crippen molar-refractivity contribution in [1.82, 2.24) is 24.6 Å². The number of nitrogens with one attached hydrogen (secondary N) is 1. The number of nitrogens with zero attached hydrogens (tertiary/aromatic N) is 5. The van der Waals surface area contributed by atoms with Gasteiger partial charge in [-0.1, -0.05) is 50.0 Å². The molecule has 2 amide bonds. The molecule has 0 aliphatic carbocycles. The number of nitrogen functional groups attached to an aromatic ring is 1. The first-order chi connectivity index (χ1) is 18.6. The Hall–Kier alpha value is -4.16. The average molecular weight is 550 g/mol. The molecule has 0 unspecified atom stereocenters. The maximum absolute atomic E-state index is 13.4. The molecule has 0 radical (unpaired) electrons. The van der Waals surface area contributed by atoms with E-state index in [9.17, 15) is 14.0 Å². The minimum absolute atomic E-state index is 0.0136. The first-order valence-electron chi connectivity index (χ1n) is 12.5. The zero-order valence-electron chi connectivity index (χ0n) is 22.2. The fourth-order valence-corrected chi connectivity index (χ4v) is 4.62. The standard InChI is InChI=1S/C27H32FN7O3Si/c1-39(2,3)12-11-38-18-35-24-22(14-32-35)25(29)31-15-23(24)33-26(36)27(37)34(16-19-7-5-4-6-8-19)17-21-10-9-20(28)13-30-21/h4-10,13-15H,11-12,16-18H2,1-3H3,(H2,29,31)(H,33,36). The van der Waals surface area contributed by atoms with Crippen LogP contribution in [0.3, 0.4) is 0 Å². The molecule has 3 aromatic heterocycles. The van der Waals surface area contributed by atoms with Gasteiger partial charge < -0.3 is 20.7 Å². The molecule has 0 saturated heterocycles. The van der Waals surface area contributed by atoms with E-state index in [-0.39, 0.29) is 31.3 Å². The van der Waals surface area contributed by atoms with Crippen LogP contribution in [-0.2, 0) is 34.1 Å². The summed E-state index contributed by atoms with van der Waals surface area (Å²) in [5, 5.41) is 7.56. The number of rotatable bonds is 10. The number of halogens is 1. The van der Waals surface area contributed by atoms with Crippen molar-refractivity contribution in [2.75, 3.05) is 17.7 Å². The first-order valence-corrected chi connectivity index (χ1v) is 16.2. The van der Waals surface area contributed by atoms with Crippen LogP contribution in [0, 0.1) is 5.82 Å². The summed E-state index contributed by atoms with van der Waals surface area (Å²) >= 11 is 0. The van der Waals surface area contributed by atoms with Gasteiger partial charge in [-0.15, -0.1) is 0 Å². The number of ether oxygens (including phenoxy) is 1. The molecule has 204 valence electrons. The van der Waals surface area contributed by atoms with Crippen molar-refractivity contribution in [2.24, 2.45) is 0 Å². The van der Waals surface area contributed by atoms with E-state index in [0.717, 1.165) is 17.8 Å². The molecule has 0 fully saturated rings. The van der Waals surface area contributed by atoms with E-state index in [2.05, 4.69) is 40.0 Å². The monoisotopic (exact) mass is 549 g/mol. The molecule has 10 nitrogen and oxygen atoms in total. The van der Waals surface area contributed by atoms with Crippen molar-refractivity contribution in [2.45, 2.75) is 45.5 Å². The second-order valence-corrected chi connectivity index (χ2v) is 16.0. The smallest absolute Gasteiger partial charge is 0.314 e. The highest BCUT2D eigenvalue weighted by atomic mass is 28.3. The van der Waals surface area contributed by atoms with Crippen LogP contribution in [0.1, 0.15) is 11.3 Å². The number of benzene rings is 1. The predicted octanol–water partition coefficient (Wildman–Crippen LogP) is 4.03. The summed E-state index contributed by atoms with van der Waals surface area (Å²) in [4.78, 5) is 36.1. The molecule has 3 N–H and O–H groups in total. The van der Waals surface area contributed by atoms with Crippen LogP contribution < -0.4 is 11.1 Å². The summed E-state index contributed by atoms with van der Waals surface area (Å²) < 4.78 is 20.8. The average Bonchev–Trinajstić information content (AvgIpc) is 3.34. The van der Waals surface area contributed by atoms with Crippen molar-refractivity contribution in [1.29, 1.82) is 0 Å². The predicted molar refractivity (Wildman–Crippen MR) is 150 cm³/mol. The lowest BCUT2D eigenvalue weighted by atomic mass is 10.2. The van der Waals surface area contributed by atoms with Gasteiger partial charge in [-0.2, -0.15) is 5.10 Å². The molecule has 0 aliphatic heterocycles. The minimum atomic E-state index is -1.26. The molecule has 0 saturated carbocycles. The summed E-state index contributed by atoms with van der Waals surface area (Å²) in [6, 6.07) is 13.0. The molecule has 0 aliphatic rings. The number of carbonyl (C=O) groups is 2. The van der Waals surface area contributed by atoms with E-state index in [1.165, 1.54) is 23.2 Å². The van der Waals surface area contributed by atoms with Gasteiger partial charge in [-0.25, -0.2) is 14.1 Å². The van der Waals surface area contributed by atoms with Crippen LogP contribution in [0.5, 0.6) is 0 Å². The molecule has 12 heteroatoms. The molecule has 0 spiro atoms. The highest BCUT2D eigenvalue weighted by Crippen LogP contribution is 2.27. The molecular weight excluding hydrogens is 517 g/mol. The van der Waals surface area contributed by atoms with Gasteiger partial charge in [-0.3, -0.25) is 14.6 Å². The fourth-order valence-electron chi connectivity index (χ4n) is 3.86. The lowest BCUT2D eigenvalue weighted by Gasteiger charge is -2.22. The number of carbonyl (C=O) groups excluding carboxylic acids is 2. The number of pyridine rings is 2. The second-order valence-electron chi connectivity index (χ2n) is 10.4. The Morgan fingerprint density at radius 1 is 1.05 bits per heavy atom. The number of nitrogens with two attached hydrogens (primary N) is 1. The topological polar surface area (TPSA) is 128 Å². The van der Waals surface area contributed by atoms with Crippen LogP contribution >= 0.6 is 0 Å². The Morgan fingerprint density at radius 2 is 1.82 bits per heavy atom. The molecule has 1 aromatic carbocycles. The van der Waals surface area contributed by atoms with Gasteiger partial charge in [0.25, 0.3) is 0 Å². The minimum Gasteiger partial charge on any atom is -0.383 e. The molecule has 3 heterocycles. The Labute approximate surface area is 227 Å². The van der Waals surface area contributed by atoms with Gasteiger partial charge in [-0.05, 0) is 23.7 Å².